The van der Waals surface area contributed by atoms with E-state index in [0.717, 1.165) is 17.8 Å². The molecular weight excluding hydrogens is 440 g/mol. The van der Waals surface area contributed by atoms with Gasteiger partial charge in [-0.3, -0.25) is 13.9 Å². The molecule has 0 aliphatic carbocycles. The normalized spacial score (nSPS) is 14.6. The number of fused-ring (bicyclic) bond motifs is 2. The van der Waals surface area contributed by atoms with Gasteiger partial charge in [-0.15, -0.1) is 0 Å². The highest BCUT2D eigenvalue weighted by molar-refractivity contribution is 7.95. The van der Waals surface area contributed by atoms with E-state index in [2.05, 4.69) is 25.0 Å². The number of nitrogens with one attached hydrogen (secondary N) is 3. The molecule has 0 radical (unpaired) electrons. The molecule has 3 aromatic rings. The third-order valence-corrected chi connectivity index (χ3v) is 5.62. The lowest BCUT2D eigenvalue weighted by atomic mass is 9.99. The lowest BCUT2D eigenvalue weighted by Crippen LogP contribution is -2.17. The molecule has 9 nitrogen and oxygen atoms in total. The van der Waals surface area contributed by atoms with Gasteiger partial charge in [0.25, 0.3) is 5.91 Å². The highest BCUT2D eigenvalue weighted by Gasteiger charge is 2.27. The summed E-state index contributed by atoms with van der Waals surface area (Å²) in [5, 5.41) is 3.35. The van der Waals surface area contributed by atoms with Gasteiger partial charge in [0.05, 0.1) is 39.9 Å². The number of carbonyl (C=O) groups is 2. The summed E-state index contributed by atoms with van der Waals surface area (Å²) < 4.78 is 34.1. The van der Waals surface area contributed by atoms with E-state index >= 15 is 0 Å². The molecule has 2 aliphatic heterocycles. The molecule has 1 amide bonds. The molecular formula is C20H13F2N7O2S. The standard InChI is InChI=1S/C20H13F2N7O2S/c21-13-2-1-11(18(23)31)16(22)15(13)17(30)12-7-24-19-14(12)20(26-8-25-19)28-9-3-4-29-10(5-9)6-27-32-29/h1-8,27H,(H2,23,31)(H2,24,25,26,28). The zero-order valence-electron chi connectivity index (χ0n) is 16.0. The summed E-state index contributed by atoms with van der Waals surface area (Å²) in [5.41, 5.74) is 5.45. The summed E-state index contributed by atoms with van der Waals surface area (Å²) in [6, 6.07) is 1.72. The molecule has 5 N–H and O–H groups in total. The molecule has 0 spiro atoms. The second kappa shape index (κ2) is 7.50. The lowest BCUT2D eigenvalue weighted by Gasteiger charge is -2.18. The van der Waals surface area contributed by atoms with E-state index in [4.69, 9.17) is 5.73 Å². The summed E-state index contributed by atoms with van der Waals surface area (Å²) in [6.45, 7) is 0. The predicted molar refractivity (Wildman–Crippen MR) is 114 cm³/mol. The Morgan fingerprint density at radius 1 is 1.19 bits per heavy atom. The van der Waals surface area contributed by atoms with Crippen molar-refractivity contribution in [3.63, 3.8) is 0 Å². The van der Waals surface area contributed by atoms with Crippen molar-refractivity contribution in [2.75, 3.05) is 5.32 Å². The molecule has 0 bridgehead atoms. The van der Waals surface area contributed by atoms with Crippen LogP contribution in [0.2, 0.25) is 0 Å². The smallest absolute Gasteiger partial charge is 0.251 e. The number of nitrogens with two attached hydrogens (primary N) is 1. The molecule has 160 valence electrons. The van der Waals surface area contributed by atoms with Gasteiger partial charge in [-0.1, -0.05) is 0 Å². The van der Waals surface area contributed by atoms with Gasteiger partial charge in [0.2, 0.25) is 5.78 Å². The number of allylic oxidation sites excluding steroid dienone is 2. The Morgan fingerprint density at radius 3 is 2.84 bits per heavy atom. The van der Waals surface area contributed by atoms with Gasteiger partial charge >= 0.3 is 0 Å². The van der Waals surface area contributed by atoms with Gasteiger partial charge < -0.3 is 20.8 Å². The van der Waals surface area contributed by atoms with Crippen LogP contribution < -0.4 is 15.8 Å². The van der Waals surface area contributed by atoms with Crippen molar-refractivity contribution < 1.29 is 18.4 Å². The van der Waals surface area contributed by atoms with Gasteiger partial charge in [-0.25, -0.2) is 18.7 Å². The molecule has 0 fully saturated rings. The lowest BCUT2D eigenvalue weighted by molar-refractivity contribution is 0.0996. The Kier molecular flexibility index (Phi) is 4.63. The fraction of sp³-hybridized carbons (Fsp3) is 0. The molecule has 2 aromatic heterocycles. The average molecular weight is 453 g/mol. The zero-order chi connectivity index (χ0) is 22.4. The first-order valence-electron chi connectivity index (χ1n) is 9.17. The molecule has 0 atom stereocenters. The number of H-pyrrole nitrogens is 1. The third-order valence-electron chi connectivity index (χ3n) is 4.87. The Balaban J connectivity index is 1.59. The van der Waals surface area contributed by atoms with Crippen LogP contribution in [-0.4, -0.2) is 30.9 Å². The van der Waals surface area contributed by atoms with Crippen LogP contribution >= 0.6 is 12.1 Å². The summed E-state index contributed by atoms with van der Waals surface area (Å²) in [7, 11) is 0. The second-order valence-corrected chi connectivity index (χ2v) is 7.58. The number of aromatic amines is 1. The van der Waals surface area contributed by atoms with Gasteiger partial charge in [0.1, 0.15) is 29.4 Å². The number of nitrogens with zero attached hydrogens (tertiary/aromatic N) is 3. The summed E-state index contributed by atoms with van der Waals surface area (Å²) in [6.07, 6.45) is 9.87. The Labute approximate surface area is 183 Å². The molecule has 32 heavy (non-hydrogen) atoms. The van der Waals surface area contributed by atoms with E-state index in [-0.39, 0.29) is 22.4 Å². The van der Waals surface area contributed by atoms with Gasteiger partial charge in [0.15, 0.2) is 0 Å². The van der Waals surface area contributed by atoms with E-state index in [1.165, 1.54) is 24.7 Å². The number of primary amides is 1. The fourth-order valence-corrected chi connectivity index (χ4v) is 3.99. The van der Waals surface area contributed by atoms with Crippen LogP contribution in [0.1, 0.15) is 26.3 Å². The molecule has 2 aliphatic rings. The van der Waals surface area contributed by atoms with Crippen molar-refractivity contribution in [1.29, 1.82) is 0 Å². The minimum atomic E-state index is -1.32. The van der Waals surface area contributed by atoms with Crippen molar-refractivity contribution >= 4 is 40.7 Å². The quantitative estimate of drug-likeness (QED) is 0.343. The molecule has 0 saturated heterocycles. The van der Waals surface area contributed by atoms with E-state index in [1.54, 1.807) is 6.08 Å². The van der Waals surface area contributed by atoms with E-state index in [0.29, 0.717) is 5.70 Å². The predicted octanol–water partition coefficient (Wildman–Crippen LogP) is 2.70. The maximum atomic E-state index is 14.8. The highest BCUT2D eigenvalue weighted by Crippen LogP contribution is 2.31. The average Bonchev–Trinajstić information content (AvgIpc) is 3.40. The largest absolute Gasteiger partial charge is 0.366 e. The number of anilines is 1. The molecule has 0 saturated carbocycles. The van der Waals surface area contributed by atoms with Crippen LogP contribution in [0, 0.1) is 11.6 Å². The fourth-order valence-electron chi connectivity index (χ4n) is 3.37. The maximum Gasteiger partial charge on any atom is 0.251 e. The Bertz CT molecular complexity index is 1400. The number of carbonyl (C=O) groups excluding carboxylic acids is 2. The van der Waals surface area contributed by atoms with Crippen LogP contribution in [0.3, 0.4) is 0 Å². The summed E-state index contributed by atoms with van der Waals surface area (Å²) in [4.78, 5) is 35.7. The minimum absolute atomic E-state index is 0.0677. The highest BCUT2D eigenvalue weighted by atomic mass is 32.2. The first-order valence-corrected chi connectivity index (χ1v) is 9.95. The number of aromatic nitrogens is 3. The van der Waals surface area contributed by atoms with Gasteiger partial charge in [0, 0.05) is 24.3 Å². The van der Waals surface area contributed by atoms with E-state index < -0.39 is 34.5 Å². The third kappa shape index (κ3) is 3.17. The monoisotopic (exact) mass is 453 g/mol. The number of hydrogen-bond acceptors (Lipinski definition) is 8. The zero-order valence-corrected chi connectivity index (χ0v) is 16.8. The van der Waals surface area contributed by atoms with Gasteiger partial charge in [-0.05, 0) is 24.3 Å². The minimum Gasteiger partial charge on any atom is -0.366 e. The summed E-state index contributed by atoms with van der Waals surface area (Å²) >= 11 is 1.40. The van der Waals surface area contributed by atoms with Crippen LogP contribution in [-0.2, 0) is 0 Å². The molecule has 5 rings (SSSR count). The molecule has 12 heteroatoms. The van der Waals surface area contributed by atoms with Crippen molar-refractivity contribution in [2.45, 2.75) is 0 Å². The van der Waals surface area contributed by atoms with Crippen LogP contribution in [0.25, 0.3) is 11.0 Å². The number of rotatable bonds is 5. The molecule has 1 aromatic carbocycles. The van der Waals surface area contributed by atoms with Crippen LogP contribution in [0.4, 0.5) is 14.6 Å². The van der Waals surface area contributed by atoms with Gasteiger partial charge in [-0.2, -0.15) is 0 Å². The number of amides is 1. The van der Waals surface area contributed by atoms with E-state index in [9.17, 15) is 18.4 Å². The van der Waals surface area contributed by atoms with Crippen molar-refractivity contribution in [3.8, 4) is 0 Å². The number of benzene rings is 1. The van der Waals surface area contributed by atoms with Crippen LogP contribution in [0.5, 0.6) is 0 Å². The second-order valence-electron chi connectivity index (χ2n) is 6.77. The Hall–Kier alpha value is -4.19. The first kappa shape index (κ1) is 19.8. The molecule has 4 heterocycles. The van der Waals surface area contributed by atoms with Crippen molar-refractivity contribution in [1.82, 2.24) is 24.0 Å². The van der Waals surface area contributed by atoms with E-state index in [1.807, 2.05) is 22.8 Å². The van der Waals surface area contributed by atoms with Crippen molar-refractivity contribution in [2.24, 2.45) is 5.73 Å². The molecule has 0 unspecified atom stereocenters. The number of halogens is 2. The Morgan fingerprint density at radius 2 is 2.03 bits per heavy atom. The SMILES string of the molecule is NC(=O)c1ccc(F)c(C(=O)c2c[nH]c3ncnc(NC4=CC5=CNSN5C=C4)c23)c1F. The number of ketones is 1. The van der Waals surface area contributed by atoms with Crippen LogP contribution in [0.15, 0.2) is 60.6 Å². The topological polar surface area (TPSA) is 129 Å². The first-order chi connectivity index (χ1) is 15.4. The summed E-state index contributed by atoms with van der Waals surface area (Å²) in [5.74, 6) is -4.27. The van der Waals surface area contributed by atoms with Crippen molar-refractivity contribution in [3.05, 3.63) is 88.9 Å². The number of hydrogen-bond donors (Lipinski definition) is 4. The maximum absolute atomic E-state index is 14.8.